The SMILES string of the molecule is CCCCCCN(C)c1ccc(C=C2SC(=S)N(CCN)C2=O)cc1. The molecule has 0 radical (unpaired) electrons. The summed E-state index contributed by atoms with van der Waals surface area (Å²) in [6.07, 6.45) is 6.96. The number of carbonyl (C=O) groups excluding carboxylic acids is 1. The monoisotopic (exact) mass is 377 g/mol. The fourth-order valence-corrected chi connectivity index (χ4v) is 4.01. The summed E-state index contributed by atoms with van der Waals surface area (Å²) in [6, 6.07) is 8.30. The maximum Gasteiger partial charge on any atom is 0.266 e. The number of hydrogen-bond acceptors (Lipinski definition) is 5. The van der Waals surface area contributed by atoms with Crippen molar-refractivity contribution >= 4 is 46.0 Å². The normalized spacial score (nSPS) is 16.1. The van der Waals surface area contributed by atoms with Gasteiger partial charge in [0.1, 0.15) is 4.32 Å². The molecule has 0 spiro atoms. The van der Waals surface area contributed by atoms with E-state index in [4.69, 9.17) is 18.0 Å². The summed E-state index contributed by atoms with van der Waals surface area (Å²) in [4.78, 5) is 16.9. The lowest BCUT2D eigenvalue weighted by Gasteiger charge is -2.19. The van der Waals surface area contributed by atoms with Crippen molar-refractivity contribution in [2.45, 2.75) is 32.6 Å². The van der Waals surface area contributed by atoms with E-state index in [-0.39, 0.29) is 5.91 Å². The lowest BCUT2D eigenvalue weighted by Crippen LogP contribution is -2.32. The van der Waals surface area contributed by atoms with Gasteiger partial charge in [-0.05, 0) is 30.2 Å². The third-order valence-electron chi connectivity index (χ3n) is 4.20. The van der Waals surface area contributed by atoms with Crippen molar-refractivity contribution in [3.63, 3.8) is 0 Å². The van der Waals surface area contributed by atoms with Gasteiger partial charge in [0.25, 0.3) is 5.91 Å². The van der Waals surface area contributed by atoms with Crippen LogP contribution in [-0.4, -0.2) is 41.8 Å². The number of carbonyl (C=O) groups is 1. The van der Waals surface area contributed by atoms with Crippen LogP contribution in [0, 0.1) is 0 Å². The molecule has 0 aliphatic carbocycles. The summed E-state index contributed by atoms with van der Waals surface area (Å²) in [5.41, 5.74) is 7.75. The van der Waals surface area contributed by atoms with Crippen LogP contribution in [0.15, 0.2) is 29.2 Å². The first kappa shape index (κ1) is 19.9. The first-order valence-corrected chi connectivity index (χ1v) is 10.1. The minimum absolute atomic E-state index is 0.0439. The predicted octanol–water partition coefficient (Wildman–Crippen LogP) is 3.86. The summed E-state index contributed by atoms with van der Waals surface area (Å²) in [5.74, 6) is -0.0439. The van der Waals surface area contributed by atoms with Gasteiger partial charge in [0.15, 0.2) is 0 Å². The number of nitrogens with two attached hydrogens (primary N) is 1. The number of thiocarbonyl (C=S) groups is 1. The number of rotatable bonds is 9. The van der Waals surface area contributed by atoms with Gasteiger partial charge >= 0.3 is 0 Å². The van der Waals surface area contributed by atoms with Crippen LogP contribution in [0.5, 0.6) is 0 Å². The van der Waals surface area contributed by atoms with Crippen molar-refractivity contribution in [1.29, 1.82) is 0 Å². The first-order chi connectivity index (χ1) is 12.1. The number of unbranched alkanes of at least 4 members (excludes halogenated alkanes) is 3. The standard InChI is InChI=1S/C19H27N3OS2/c1-3-4-5-6-12-21(2)16-9-7-15(8-10-16)14-17-18(23)22(13-11-20)19(24)25-17/h7-10,14H,3-6,11-13,20H2,1-2H3. The largest absolute Gasteiger partial charge is 0.375 e. The van der Waals surface area contributed by atoms with Gasteiger partial charge in [0.05, 0.1) is 4.91 Å². The summed E-state index contributed by atoms with van der Waals surface area (Å²) in [5, 5.41) is 0. The lowest BCUT2D eigenvalue weighted by molar-refractivity contribution is -0.122. The molecule has 1 fully saturated rings. The molecule has 2 N–H and O–H groups in total. The van der Waals surface area contributed by atoms with E-state index in [0.29, 0.717) is 22.3 Å². The molecule has 0 unspecified atom stereocenters. The molecule has 1 saturated heterocycles. The summed E-state index contributed by atoms with van der Waals surface area (Å²) in [7, 11) is 2.12. The van der Waals surface area contributed by atoms with E-state index < -0.39 is 0 Å². The molecule has 1 aromatic rings. The molecular weight excluding hydrogens is 350 g/mol. The average Bonchev–Trinajstić information content (AvgIpc) is 2.87. The Hall–Kier alpha value is -1.37. The van der Waals surface area contributed by atoms with Crippen molar-refractivity contribution < 1.29 is 4.79 Å². The first-order valence-electron chi connectivity index (χ1n) is 8.83. The minimum Gasteiger partial charge on any atom is -0.375 e. The zero-order chi connectivity index (χ0) is 18.2. The molecule has 0 atom stereocenters. The van der Waals surface area contributed by atoms with Gasteiger partial charge in [0, 0.05) is 32.4 Å². The van der Waals surface area contributed by atoms with Gasteiger partial charge in [-0.15, -0.1) is 0 Å². The highest BCUT2D eigenvalue weighted by Gasteiger charge is 2.31. The van der Waals surface area contributed by atoms with Crippen molar-refractivity contribution in [2.24, 2.45) is 5.73 Å². The Morgan fingerprint density at radius 1 is 1.24 bits per heavy atom. The molecule has 2 rings (SSSR count). The molecular formula is C19H27N3OS2. The molecule has 4 nitrogen and oxygen atoms in total. The van der Waals surface area contributed by atoms with Crippen molar-refractivity contribution in [3.05, 3.63) is 34.7 Å². The van der Waals surface area contributed by atoms with Gasteiger partial charge in [-0.1, -0.05) is 62.3 Å². The van der Waals surface area contributed by atoms with Crippen molar-refractivity contribution in [3.8, 4) is 0 Å². The molecule has 1 amide bonds. The fraction of sp³-hybridized carbons (Fsp3) is 0.474. The van der Waals surface area contributed by atoms with Gasteiger partial charge in [-0.2, -0.15) is 0 Å². The van der Waals surface area contributed by atoms with Gasteiger partial charge < -0.3 is 10.6 Å². The highest BCUT2D eigenvalue weighted by molar-refractivity contribution is 8.26. The second-order valence-electron chi connectivity index (χ2n) is 6.20. The smallest absolute Gasteiger partial charge is 0.266 e. The van der Waals surface area contributed by atoms with E-state index in [0.717, 1.165) is 12.1 Å². The average molecular weight is 378 g/mol. The lowest BCUT2D eigenvalue weighted by atomic mass is 10.1. The number of benzene rings is 1. The van der Waals surface area contributed by atoms with E-state index in [1.54, 1.807) is 4.90 Å². The molecule has 1 heterocycles. The van der Waals surface area contributed by atoms with E-state index in [9.17, 15) is 4.79 Å². The number of amides is 1. The molecule has 1 aliphatic heterocycles. The summed E-state index contributed by atoms with van der Waals surface area (Å²) < 4.78 is 0.588. The maximum atomic E-state index is 12.3. The molecule has 25 heavy (non-hydrogen) atoms. The van der Waals surface area contributed by atoms with Crippen LogP contribution in [0.1, 0.15) is 38.2 Å². The zero-order valence-electron chi connectivity index (χ0n) is 15.0. The molecule has 0 aromatic heterocycles. The van der Waals surface area contributed by atoms with Gasteiger partial charge in [-0.3, -0.25) is 9.69 Å². The highest BCUT2D eigenvalue weighted by atomic mass is 32.2. The van der Waals surface area contributed by atoms with Crippen LogP contribution < -0.4 is 10.6 Å². The van der Waals surface area contributed by atoms with Gasteiger partial charge in [0.2, 0.25) is 0 Å². The van der Waals surface area contributed by atoms with Crippen molar-refractivity contribution in [2.75, 3.05) is 31.6 Å². The van der Waals surface area contributed by atoms with Gasteiger partial charge in [-0.25, -0.2) is 0 Å². The second-order valence-corrected chi connectivity index (χ2v) is 7.87. The number of anilines is 1. The minimum atomic E-state index is -0.0439. The van der Waals surface area contributed by atoms with Crippen LogP contribution in [-0.2, 0) is 4.79 Å². The highest BCUT2D eigenvalue weighted by Crippen LogP contribution is 2.32. The van der Waals surface area contributed by atoms with Crippen LogP contribution in [0.25, 0.3) is 6.08 Å². The fourth-order valence-electron chi connectivity index (χ4n) is 2.70. The molecule has 0 bridgehead atoms. The Morgan fingerprint density at radius 3 is 2.60 bits per heavy atom. The molecule has 1 aromatic carbocycles. The molecule has 6 heteroatoms. The zero-order valence-corrected chi connectivity index (χ0v) is 16.7. The third kappa shape index (κ3) is 5.56. The molecule has 1 aliphatic rings. The van der Waals surface area contributed by atoms with Crippen LogP contribution in [0.2, 0.25) is 0 Å². The Morgan fingerprint density at radius 2 is 1.96 bits per heavy atom. The summed E-state index contributed by atoms with van der Waals surface area (Å²) >= 11 is 6.60. The van der Waals surface area contributed by atoms with Crippen molar-refractivity contribution in [1.82, 2.24) is 4.90 Å². The van der Waals surface area contributed by atoms with E-state index in [1.807, 2.05) is 18.2 Å². The number of hydrogen-bond donors (Lipinski definition) is 1. The number of thioether (sulfide) groups is 1. The quantitative estimate of drug-likeness (QED) is 0.402. The molecule has 136 valence electrons. The van der Waals surface area contributed by atoms with Crippen LogP contribution >= 0.6 is 24.0 Å². The van der Waals surface area contributed by atoms with E-state index in [1.165, 1.54) is 43.1 Å². The predicted molar refractivity (Wildman–Crippen MR) is 113 cm³/mol. The third-order valence-corrected chi connectivity index (χ3v) is 5.58. The Bertz CT molecular complexity index is 628. The number of nitrogens with zero attached hydrogens (tertiary/aromatic N) is 2. The van der Waals surface area contributed by atoms with E-state index in [2.05, 4.69) is 31.0 Å². The Labute approximate surface area is 160 Å². The van der Waals surface area contributed by atoms with Crippen LogP contribution in [0.4, 0.5) is 5.69 Å². The summed E-state index contributed by atoms with van der Waals surface area (Å²) in [6.45, 7) is 4.19. The Balaban J connectivity index is 1.98. The second kappa shape index (κ2) is 9.94. The molecule has 0 saturated carbocycles. The Kier molecular flexibility index (Phi) is 7.93. The topological polar surface area (TPSA) is 49.6 Å². The van der Waals surface area contributed by atoms with E-state index >= 15 is 0 Å². The van der Waals surface area contributed by atoms with Crippen LogP contribution in [0.3, 0.4) is 0 Å². The maximum absolute atomic E-state index is 12.3.